The number of guanidine groups is 1. The Bertz CT molecular complexity index is 380. The van der Waals surface area contributed by atoms with Gasteiger partial charge in [0.1, 0.15) is 12.7 Å². The summed E-state index contributed by atoms with van der Waals surface area (Å²) in [7, 11) is 0. The lowest BCUT2D eigenvalue weighted by Gasteiger charge is -2.16. The molecule has 1 heterocycles. The standard InChI is InChI=1S/C14H26N6/c1-2-15-14(19-13-7-3-4-8-13)16-9-5-6-10-20-11-17-18-12-20/h11-13H,2-10H2,1H3,(H2,15,16,19). The van der Waals surface area contributed by atoms with Crippen LogP contribution in [0.4, 0.5) is 0 Å². The van der Waals surface area contributed by atoms with E-state index in [1.165, 1.54) is 25.7 Å². The molecule has 1 fully saturated rings. The van der Waals surface area contributed by atoms with Crippen molar-refractivity contribution >= 4 is 5.96 Å². The predicted octanol–water partition coefficient (Wildman–Crippen LogP) is 1.56. The maximum absolute atomic E-state index is 4.65. The minimum atomic E-state index is 0.616. The van der Waals surface area contributed by atoms with E-state index in [9.17, 15) is 0 Å². The Kier molecular flexibility index (Phi) is 6.34. The molecule has 6 heteroatoms. The van der Waals surface area contributed by atoms with Crippen LogP contribution in [0, 0.1) is 0 Å². The van der Waals surface area contributed by atoms with E-state index in [2.05, 4.69) is 32.7 Å². The van der Waals surface area contributed by atoms with Crippen molar-refractivity contribution in [3.05, 3.63) is 12.7 Å². The van der Waals surface area contributed by atoms with Crippen LogP contribution < -0.4 is 10.6 Å². The Labute approximate surface area is 121 Å². The molecule has 1 aromatic heterocycles. The quantitative estimate of drug-likeness (QED) is 0.451. The van der Waals surface area contributed by atoms with Gasteiger partial charge in [-0.3, -0.25) is 4.99 Å². The molecule has 1 aliphatic carbocycles. The fraction of sp³-hybridized carbons (Fsp3) is 0.786. The molecule has 2 rings (SSSR count). The Morgan fingerprint density at radius 2 is 2.00 bits per heavy atom. The third kappa shape index (κ3) is 5.19. The fourth-order valence-electron chi connectivity index (χ4n) is 2.52. The molecule has 0 saturated heterocycles. The van der Waals surface area contributed by atoms with Gasteiger partial charge in [0.05, 0.1) is 0 Å². The molecule has 20 heavy (non-hydrogen) atoms. The lowest BCUT2D eigenvalue weighted by Crippen LogP contribution is -2.42. The number of unbranched alkanes of at least 4 members (excludes halogenated alkanes) is 1. The van der Waals surface area contributed by atoms with E-state index in [1.54, 1.807) is 12.7 Å². The Morgan fingerprint density at radius 3 is 2.70 bits per heavy atom. The van der Waals surface area contributed by atoms with Crippen molar-refractivity contribution in [1.29, 1.82) is 0 Å². The van der Waals surface area contributed by atoms with Crippen molar-refractivity contribution < 1.29 is 0 Å². The van der Waals surface area contributed by atoms with Gasteiger partial charge in [0.15, 0.2) is 5.96 Å². The summed E-state index contributed by atoms with van der Waals surface area (Å²) in [6.07, 6.45) is 10.9. The van der Waals surface area contributed by atoms with Crippen LogP contribution in [-0.4, -0.2) is 39.9 Å². The molecule has 0 unspecified atom stereocenters. The molecule has 6 nitrogen and oxygen atoms in total. The predicted molar refractivity (Wildman–Crippen MR) is 80.6 cm³/mol. The molecule has 112 valence electrons. The zero-order valence-electron chi connectivity index (χ0n) is 12.4. The van der Waals surface area contributed by atoms with Crippen LogP contribution in [0.15, 0.2) is 17.6 Å². The average molecular weight is 278 g/mol. The van der Waals surface area contributed by atoms with E-state index in [4.69, 9.17) is 0 Å². The summed E-state index contributed by atoms with van der Waals surface area (Å²) in [4.78, 5) is 4.65. The number of aromatic nitrogens is 3. The minimum Gasteiger partial charge on any atom is -0.357 e. The highest BCUT2D eigenvalue weighted by Crippen LogP contribution is 2.17. The molecule has 0 radical (unpaired) electrons. The zero-order valence-corrected chi connectivity index (χ0v) is 12.4. The van der Waals surface area contributed by atoms with Crippen LogP contribution in [0.3, 0.4) is 0 Å². The van der Waals surface area contributed by atoms with Gasteiger partial charge in [0, 0.05) is 25.7 Å². The number of nitrogens with one attached hydrogen (secondary N) is 2. The van der Waals surface area contributed by atoms with Crippen LogP contribution >= 0.6 is 0 Å². The van der Waals surface area contributed by atoms with Crippen LogP contribution in [0.1, 0.15) is 45.4 Å². The fourth-order valence-corrected chi connectivity index (χ4v) is 2.52. The molecule has 0 aliphatic heterocycles. The van der Waals surface area contributed by atoms with Gasteiger partial charge < -0.3 is 15.2 Å². The first-order chi connectivity index (χ1) is 9.88. The highest BCUT2D eigenvalue weighted by Gasteiger charge is 2.15. The summed E-state index contributed by atoms with van der Waals surface area (Å²) in [5, 5.41) is 14.5. The molecule has 2 N–H and O–H groups in total. The highest BCUT2D eigenvalue weighted by atomic mass is 15.2. The van der Waals surface area contributed by atoms with E-state index in [-0.39, 0.29) is 0 Å². The lowest BCUT2D eigenvalue weighted by atomic mass is 10.2. The molecule has 0 spiro atoms. The van der Waals surface area contributed by atoms with Crippen molar-refractivity contribution in [3.8, 4) is 0 Å². The largest absolute Gasteiger partial charge is 0.357 e. The number of nitrogens with zero attached hydrogens (tertiary/aromatic N) is 4. The summed E-state index contributed by atoms with van der Waals surface area (Å²) in [6, 6.07) is 0.616. The Hall–Kier alpha value is -1.59. The van der Waals surface area contributed by atoms with Crippen molar-refractivity contribution in [2.45, 2.75) is 58.0 Å². The summed E-state index contributed by atoms with van der Waals surface area (Å²) >= 11 is 0. The monoisotopic (exact) mass is 278 g/mol. The van der Waals surface area contributed by atoms with Crippen LogP contribution in [0.2, 0.25) is 0 Å². The van der Waals surface area contributed by atoms with Crippen molar-refractivity contribution in [1.82, 2.24) is 25.4 Å². The van der Waals surface area contributed by atoms with E-state index in [0.717, 1.165) is 38.4 Å². The third-order valence-corrected chi connectivity index (χ3v) is 3.60. The van der Waals surface area contributed by atoms with Gasteiger partial charge in [0.2, 0.25) is 0 Å². The summed E-state index contributed by atoms with van der Waals surface area (Å²) < 4.78 is 2.01. The molecular formula is C14H26N6. The number of hydrogen-bond acceptors (Lipinski definition) is 3. The summed E-state index contributed by atoms with van der Waals surface area (Å²) in [6.45, 7) is 4.86. The SMILES string of the molecule is CCNC(=NCCCCn1cnnc1)NC1CCCC1. The molecule has 0 amide bonds. The van der Waals surface area contributed by atoms with Crippen LogP contribution in [0.25, 0.3) is 0 Å². The molecule has 1 aromatic rings. The van der Waals surface area contributed by atoms with Gasteiger partial charge in [-0.1, -0.05) is 12.8 Å². The highest BCUT2D eigenvalue weighted by molar-refractivity contribution is 5.80. The van der Waals surface area contributed by atoms with Gasteiger partial charge in [-0.25, -0.2) is 0 Å². The molecule has 1 aliphatic rings. The van der Waals surface area contributed by atoms with Crippen molar-refractivity contribution in [2.24, 2.45) is 4.99 Å². The first-order valence-electron chi connectivity index (χ1n) is 7.75. The lowest BCUT2D eigenvalue weighted by molar-refractivity contribution is 0.599. The van der Waals surface area contributed by atoms with E-state index in [1.807, 2.05) is 4.57 Å². The van der Waals surface area contributed by atoms with Crippen LogP contribution in [-0.2, 0) is 6.54 Å². The Morgan fingerprint density at radius 1 is 1.25 bits per heavy atom. The average Bonchev–Trinajstić information content (AvgIpc) is 3.11. The molecule has 0 atom stereocenters. The van der Waals surface area contributed by atoms with Crippen molar-refractivity contribution in [2.75, 3.05) is 13.1 Å². The summed E-state index contributed by atoms with van der Waals surface area (Å²) in [5.74, 6) is 0.976. The van der Waals surface area contributed by atoms with Crippen LogP contribution in [0.5, 0.6) is 0 Å². The van der Waals surface area contributed by atoms with Gasteiger partial charge in [-0.15, -0.1) is 10.2 Å². The first-order valence-corrected chi connectivity index (χ1v) is 7.75. The number of hydrogen-bond donors (Lipinski definition) is 2. The minimum absolute atomic E-state index is 0.616. The molecule has 0 aromatic carbocycles. The molecule has 0 bridgehead atoms. The number of aryl methyl sites for hydroxylation is 1. The Balaban J connectivity index is 1.65. The zero-order chi connectivity index (χ0) is 14.0. The second-order valence-electron chi connectivity index (χ2n) is 5.29. The maximum Gasteiger partial charge on any atom is 0.191 e. The van der Waals surface area contributed by atoms with E-state index in [0.29, 0.717) is 6.04 Å². The second-order valence-corrected chi connectivity index (χ2v) is 5.29. The first kappa shape index (κ1) is 14.8. The maximum atomic E-state index is 4.65. The van der Waals surface area contributed by atoms with Gasteiger partial charge >= 0.3 is 0 Å². The third-order valence-electron chi connectivity index (χ3n) is 3.60. The van der Waals surface area contributed by atoms with Gasteiger partial charge in [0.25, 0.3) is 0 Å². The summed E-state index contributed by atoms with van der Waals surface area (Å²) in [5.41, 5.74) is 0. The number of rotatable bonds is 7. The van der Waals surface area contributed by atoms with Gasteiger partial charge in [-0.05, 0) is 32.6 Å². The number of aliphatic imine (C=N–C) groups is 1. The normalized spacial score (nSPS) is 16.6. The molecule has 1 saturated carbocycles. The topological polar surface area (TPSA) is 67.1 Å². The second kappa shape index (κ2) is 8.55. The van der Waals surface area contributed by atoms with E-state index < -0.39 is 0 Å². The smallest absolute Gasteiger partial charge is 0.191 e. The van der Waals surface area contributed by atoms with Crippen molar-refractivity contribution in [3.63, 3.8) is 0 Å². The van der Waals surface area contributed by atoms with E-state index >= 15 is 0 Å². The molecular weight excluding hydrogens is 252 g/mol. The van der Waals surface area contributed by atoms with Gasteiger partial charge in [-0.2, -0.15) is 0 Å².